The summed E-state index contributed by atoms with van der Waals surface area (Å²) in [6.07, 6.45) is 31.6. The SMILES string of the molecule is CCCCCCCCCCCCCCCCCCCCCCCCC(=O)OC(C)CCCC(=O)O. The van der Waals surface area contributed by atoms with Crippen LogP contribution in [0.25, 0.3) is 0 Å². The van der Waals surface area contributed by atoms with E-state index in [1.807, 2.05) is 6.92 Å². The molecule has 35 heavy (non-hydrogen) atoms. The van der Waals surface area contributed by atoms with Crippen molar-refractivity contribution >= 4 is 11.9 Å². The maximum absolute atomic E-state index is 11.8. The average molecular weight is 497 g/mol. The topological polar surface area (TPSA) is 63.6 Å². The summed E-state index contributed by atoms with van der Waals surface area (Å²) in [6, 6.07) is 0. The van der Waals surface area contributed by atoms with E-state index >= 15 is 0 Å². The van der Waals surface area contributed by atoms with Crippen LogP contribution in [0.5, 0.6) is 0 Å². The molecule has 0 saturated heterocycles. The van der Waals surface area contributed by atoms with E-state index in [-0.39, 0.29) is 18.5 Å². The molecule has 4 heteroatoms. The van der Waals surface area contributed by atoms with Crippen molar-refractivity contribution in [1.82, 2.24) is 0 Å². The van der Waals surface area contributed by atoms with E-state index in [4.69, 9.17) is 9.84 Å². The highest BCUT2D eigenvalue weighted by Crippen LogP contribution is 2.15. The Morgan fingerprint density at radius 2 is 0.886 bits per heavy atom. The van der Waals surface area contributed by atoms with Crippen molar-refractivity contribution in [2.75, 3.05) is 0 Å². The van der Waals surface area contributed by atoms with Crippen molar-refractivity contribution in [3.8, 4) is 0 Å². The van der Waals surface area contributed by atoms with Gasteiger partial charge in [0.05, 0.1) is 6.10 Å². The molecule has 0 aliphatic carbocycles. The summed E-state index contributed by atoms with van der Waals surface area (Å²) in [5.41, 5.74) is 0. The number of ether oxygens (including phenoxy) is 1. The Kier molecular flexibility index (Phi) is 26.7. The molecular weight excluding hydrogens is 436 g/mol. The number of aliphatic carboxylic acids is 1. The van der Waals surface area contributed by atoms with Crippen LogP contribution in [0.2, 0.25) is 0 Å². The maximum atomic E-state index is 11.8. The standard InChI is InChI=1S/C31H60O4/c1-3-4-5-6-7-8-9-10-11-12-13-14-15-16-17-18-19-20-21-22-23-24-28-31(34)35-29(2)26-25-27-30(32)33/h29H,3-28H2,1-2H3,(H,32,33). The van der Waals surface area contributed by atoms with E-state index in [2.05, 4.69) is 6.92 Å². The Morgan fingerprint density at radius 1 is 0.543 bits per heavy atom. The Hall–Kier alpha value is -1.06. The third-order valence-corrected chi connectivity index (χ3v) is 7.07. The van der Waals surface area contributed by atoms with Crippen molar-refractivity contribution in [2.45, 2.75) is 187 Å². The van der Waals surface area contributed by atoms with Gasteiger partial charge >= 0.3 is 11.9 Å². The fraction of sp³-hybridized carbons (Fsp3) is 0.935. The first kappa shape index (κ1) is 33.9. The van der Waals surface area contributed by atoms with Crippen LogP contribution in [0, 0.1) is 0 Å². The number of hydrogen-bond donors (Lipinski definition) is 1. The normalized spacial score (nSPS) is 12.1. The zero-order chi connectivity index (χ0) is 25.8. The van der Waals surface area contributed by atoms with Crippen LogP contribution < -0.4 is 0 Å². The minimum absolute atomic E-state index is 0.138. The van der Waals surface area contributed by atoms with Gasteiger partial charge in [0.25, 0.3) is 0 Å². The molecule has 0 amide bonds. The first-order valence-electron chi connectivity index (χ1n) is 15.5. The Labute approximate surface area is 218 Å². The smallest absolute Gasteiger partial charge is 0.306 e. The first-order valence-corrected chi connectivity index (χ1v) is 15.5. The van der Waals surface area contributed by atoms with Gasteiger partial charge < -0.3 is 9.84 Å². The molecule has 0 fully saturated rings. The van der Waals surface area contributed by atoms with Crippen LogP contribution >= 0.6 is 0 Å². The predicted octanol–water partition coefficient (Wildman–Crippen LogP) is 10.2. The molecule has 0 aromatic heterocycles. The molecule has 0 spiro atoms. The van der Waals surface area contributed by atoms with Gasteiger partial charge in [-0.15, -0.1) is 0 Å². The minimum Gasteiger partial charge on any atom is -0.481 e. The number of carboxylic acid groups (broad SMARTS) is 1. The molecule has 0 bridgehead atoms. The number of unbranched alkanes of at least 4 members (excludes halogenated alkanes) is 21. The summed E-state index contributed by atoms with van der Waals surface area (Å²) in [4.78, 5) is 22.3. The molecule has 0 radical (unpaired) electrons. The van der Waals surface area contributed by atoms with E-state index in [0.717, 1.165) is 12.8 Å². The van der Waals surface area contributed by atoms with E-state index in [1.165, 1.54) is 128 Å². The Balaban J connectivity index is 3.19. The third kappa shape index (κ3) is 29.1. The second-order valence-electron chi connectivity index (χ2n) is 10.8. The molecule has 0 heterocycles. The summed E-state index contributed by atoms with van der Waals surface area (Å²) < 4.78 is 5.35. The van der Waals surface area contributed by atoms with Crippen LogP contribution in [0.3, 0.4) is 0 Å². The van der Waals surface area contributed by atoms with E-state index in [9.17, 15) is 9.59 Å². The summed E-state index contributed by atoms with van der Waals surface area (Å²) in [5, 5.41) is 8.64. The van der Waals surface area contributed by atoms with Gasteiger partial charge in [-0.2, -0.15) is 0 Å². The van der Waals surface area contributed by atoms with E-state index in [1.54, 1.807) is 0 Å². The second-order valence-corrected chi connectivity index (χ2v) is 10.8. The Bertz CT molecular complexity index is 463. The van der Waals surface area contributed by atoms with Gasteiger partial charge in [-0.25, -0.2) is 0 Å². The lowest BCUT2D eigenvalue weighted by molar-refractivity contribution is -0.148. The first-order chi connectivity index (χ1) is 17.1. The molecule has 4 nitrogen and oxygen atoms in total. The summed E-state index contributed by atoms with van der Waals surface area (Å²) in [5.74, 6) is -0.931. The van der Waals surface area contributed by atoms with Gasteiger partial charge in [0, 0.05) is 12.8 Å². The summed E-state index contributed by atoms with van der Waals surface area (Å²) >= 11 is 0. The summed E-state index contributed by atoms with van der Waals surface area (Å²) in [7, 11) is 0. The lowest BCUT2D eigenvalue weighted by Gasteiger charge is -2.12. The van der Waals surface area contributed by atoms with Crippen molar-refractivity contribution in [3.05, 3.63) is 0 Å². The molecule has 0 aliphatic heterocycles. The summed E-state index contributed by atoms with van der Waals surface area (Å²) in [6.45, 7) is 4.13. The highest BCUT2D eigenvalue weighted by Gasteiger charge is 2.10. The van der Waals surface area contributed by atoms with Gasteiger partial charge in [0.1, 0.15) is 0 Å². The second kappa shape index (κ2) is 27.5. The molecule has 208 valence electrons. The lowest BCUT2D eigenvalue weighted by atomic mass is 10.0. The minimum atomic E-state index is -0.793. The lowest BCUT2D eigenvalue weighted by Crippen LogP contribution is -2.15. The van der Waals surface area contributed by atoms with Gasteiger partial charge in [-0.05, 0) is 26.2 Å². The molecule has 0 aromatic rings. The third-order valence-electron chi connectivity index (χ3n) is 7.07. The van der Waals surface area contributed by atoms with Crippen molar-refractivity contribution < 1.29 is 19.4 Å². The monoisotopic (exact) mass is 496 g/mol. The van der Waals surface area contributed by atoms with Gasteiger partial charge in [-0.1, -0.05) is 142 Å². The quantitative estimate of drug-likeness (QED) is 0.0864. The molecule has 0 aromatic carbocycles. The van der Waals surface area contributed by atoms with Crippen LogP contribution in [-0.2, 0) is 14.3 Å². The maximum Gasteiger partial charge on any atom is 0.306 e. The van der Waals surface area contributed by atoms with Gasteiger partial charge in [0.15, 0.2) is 0 Å². The molecule has 1 N–H and O–H groups in total. The number of rotatable bonds is 28. The van der Waals surface area contributed by atoms with Crippen LogP contribution in [-0.4, -0.2) is 23.1 Å². The van der Waals surface area contributed by atoms with Gasteiger partial charge in [-0.3, -0.25) is 9.59 Å². The predicted molar refractivity (Wildman–Crippen MR) is 149 cm³/mol. The number of carboxylic acids is 1. The Morgan fingerprint density at radius 3 is 1.23 bits per heavy atom. The molecular formula is C31H60O4. The number of esters is 1. The van der Waals surface area contributed by atoms with Crippen molar-refractivity contribution in [1.29, 1.82) is 0 Å². The molecule has 1 atom stereocenters. The van der Waals surface area contributed by atoms with Crippen LogP contribution in [0.4, 0.5) is 0 Å². The van der Waals surface area contributed by atoms with Crippen molar-refractivity contribution in [2.24, 2.45) is 0 Å². The zero-order valence-electron chi connectivity index (χ0n) is 23.6. The number of hydrogen-bond acceptors (Lipinski definition) is 3. The van der Waals surface area contributed by atoms with Crippen LogP contribution in [0.15, 0.2) is 0 Å². The largest absolute Gasteiger partial charge is 0.481 e. The fourth-order valence-electron chi connectivity index (χ4n) is 4.76. The van der Waals surface area contributed by atoms with Crippen LogP contribution in [0.1, 0.15) is 181 Å². The highest BCUT2D eigenvalue weighted by molar-refractivity contribution is 5.69. The molecule has 0 rings (SSSR count). The van der Waals surface area contributed by atoms with E-state index in [0.29, 0.717) is 19.3 Å². The average Bonchev–Trinajstić information content (AvgIpc) is 2.82. The number of carbonyl (C=O) groups is 2. The zero-order valence-corrected chi connectivity index (χ0v) is 23.6. The highest BCUT2D eigenvalue weighted by atomic mass is 16.5. The molecule has 0 aliphatic rings. The van der Waals surface area contributed by atoms with E-state index < -0.39 is 5.97 Å². The molecule has 0 saturated carbocycles. The fourth-order valence-corrected chi connectivity index (χ4v) is 4.76. The van der Waals surface area contributed by atoms with Crippen molar-refractivity contribution in [3.63, 3.8) is 0 Å². The number of carbonyl (C=O) groups excluding carboxylic acids is 1. The molecule has 1 unspecified atom stereocenters. The van der Waals surface area contributed by atoms with Gasteiger partial charge in [0.2, 0.25) is 0 Å².